The molecule has 1 unspecified atom stereocenters. The molecule has 0 spiro atoms. The molecule has 2 amide bonds. The van der Waals surface area contributed by atoms with Crippen molar-refractivity contribution < 1.29 is 96.7 Å². The molecule has 150 valence electrons. The Labute approximate surface area is 220 Å². The number of aliphatic hydroxyl groups is 1. The second-order valence-electron chi connectivity index (χ2n) is 6.08. The number of nitrogens with zero attached hydrogens (tertiary/aromatic N) is 1. The van der Waals surface area contributed by atoms with Crippen molar-refractivity contribution in [2.24, 2.45) is 0 Å². The van der Waals surface area contributed by atoms with Gasteiger partial charge >= 0.3 is 59.1 Å². The van der Waals surface area contributed by atoms with Crippen LogP contribution in [0.1, 0.15) is 10.8 Å². The Bertz CT molecular complexity index is 971. The molecular weight excluding hydrogens is 458 g/mol. The van der Waals surface area contributed by atoms with E-state index >= 15 is 0 Å². The van der Waals surface area contributed by atoms with Gasteiger partial charge in [0, 0.05) is 5.75 Å². The largest absolute Gasteiger partial charge is 1.00 e. The van der Waals surface area contributed by atoms with Gasteiger partial charge in [0.1, 0.15) is 21.5 Å². The van der Waals surface area contributed by atoms with E-state index in [1.54, 1.807) is 6.07 Å². The summed E-state index contributed by atoms with van der Waals surface area (Å²) in [5, 5.41) is 19.9. The number of aliphatic hydroxyl groups excluding tert-OH is 1. The maximum Gasteiger partial charge on any atom is 1.00 e. The van der Waals surface area contributed by atoms with Gasteiger partial charge in [0.05, 0.1) is 18.3 Å². The molecule has 30 heavy (non-hydrogen) atoms. The fraction of sp³-hybridized carbons (Fsp3) is 0.312. The summed E-state index contributed by atoms with van der Waals surface area (Å²) >= 11 is 1.09. The summed E-state index contributed by atoms with van der Waals surface area (Å²) in [6, 6.07) is 5.89. The van der Waals surface area contributed by atoms with Crippen molar-refractivity contribution in [2.75, 3.05) is 12.4 Å². The molecule has 0 aromatic heterocycles. The molecule has 14 heteroatoms. The Morgan fingerprint density at radius 1 is 1.27 bits per heavy atom. The molecular formula is C16H14N2Na2O8S2. The first-order chi connectivity index (χ1) is 13.2. The summed E-state index contributed by atoms with van der Waals surface area (Å²) in [5.41, 5.74) is -0.408. The van der Waals surface area contributed by atoms with Crippen LogP contribution in [0.15, 0.2) is 41.6 Å². The molecule has 0 bridgehead atoms. The van der Waals surface area contributed by atoms with Crippen LogP contribution in [0.5, 0.6) is 0 Å². The Kier molecular flexibility index (Phi) is 10.1. The third kappa shape index (κ3) is 5.31. The SMILES string of the molecule is O=C([O-])C1=C(CO)CS[C@H]2[C@H](NC(=O)C(c3ccccc3)S(=O)(=O)[O-])C(=O)N12.[Na+].[Na+]. The summed E-state index contributed by atoms with van der Waals surface area (Å²) in [6.45, 7) is -0.575. The Morgan fingerprint density at radius 2 is 1.87 bits per heavy atom. The number of hydrogen-bond donors (Lipinski definition) is 2. The zero-order valence-electron chi connectivity index (χ0n) is 16.1. The molecule has 10 nitrogen and oxygen atoms in total. The first-order valence-corrected chi connectivity index (χ1v) is 10.5. The fourth-order valence-corrected chi connectivity index (χ4v) is 5.26. The minimum Gasteiger partial charge on any atom is -0.747 e. The molecule has 1 aromatic rings. The van der Waals surface area contributed by atoms with Crippen molar-refractivity contribution in [3.8, 4) is 0 Å². The summed E-state index contributed by atoms with van der Waals surface area (Å²) in [5.74, 6) is -3.53. The molecule has 2 aliphatic heterocycles. The molecule has 2 aliphatic rings. The van der Waals surface area contributed by atoms with Crippen molar-refractivity contribution >= 4 is 39.7 Å². The number of thioether (sulfide) groups is 1. The number of benzene rings is 1. The second-order valence-corrected chi connectivity index (χ2v) is 8.64. The van der Waals surface area contributed by atoms with E-state index < -0.39 is 56.9 Å². The first-order valence-electron chi connectivity index (χ1n) is 7.95. The number of β-lactam (4-membered cyclic amide) rings is 1. The molecule has 2 N–H and O–H groups in total. The van der Waals surface area contributed by atoms with E-state index in [4.69, 9.17) is 0 Å². The number of carboxylic acid groups (broad SMARTS) is 1. The van der Waals surface area contributed by atoms with Crippen molar-refractivity contribution in [1.29, 1.82) is 0 Å². The third-order valence-corrected chi connectivity index (χ3v) is 6.76. The Hall–Kier alpha value is -0.410. The monoisotopic (exact) mass is 472 g/mol. The smallest absolute Gasteiger partial charge is 0.747 e. The van der Waals surface area contributed by atoms with E-state index in [-0.39, 0.29) is 76.0 Å². The minimum atomic E-state index is -5.07. The van der Waals surface area contributed by atoms with Crippen molar-refractivity contribution in [1.82, 2.24) is 10.2 Å². The number of fused-ring (bicyclic) bond motifs is 1. The summed E-state index contributed by atoms with van der Waals surface area (Å²) in [4.78, 5) is 37.1. The van der Waals surface area contributed by atoms with Gasteiger partial charge in [-0.25, -0.2) is 8.42 Å². The van der Waals surface area contributed by atoms with Crippen LogP contribution in [0, 0.1) is 0 Å². The average Bonchev–Trinajstić information content (AvgIpc) is 2.64. The topological polar surface area (TPSA) is 167 Å². The average molecular weight is 472 g/mol. The zero-order chi connectivity index (χ0) is 20.6. The van der Waals surface area contributed by atoms with Gasteiger partial charge in [0.2, 0.25) is 5.91 Å². The number of carbonyl (C=O) groups is 3. The van der Waals surface area contributed by atoms with E-state index in [0.717, 1.165) is 16.7 Å². The molecule has 1 saturated heterocycles. The van der Waals surface area contributed by atoms with Crippen LogP contribution in [0.25, 0.3) is 0 Å². The summed E-state index contributed by atoms with van der Waals surface area (Å²) < 4.78 is 34.8. The third-order valence-electron chi connectivity index (χ3n) is 4.36. The van der Waals surface area contributed by atoms with E-state index in [0.29, 0.717) is 0 Å². The van der Waals surface area contributed by atoms with Crippen LogP contribution in [0.3, 0.4) is 0 Å². The molecule has 3 rings (SSSR count). The van der Waals surface area contributed by atoms with Crippen molar-refractivity contribution in [3.63, 3.8) is 0 Å². The number of amides is 2. The van der Waals surface area contributed by atoms with Crippen LogP contribution in [-0.4, -0.2) is 64.5 Å². The first kappa shape index (κ1) is 27.6. The van der Waals surface area contributed by atoms with Crippen molar-refractivity contribution in [3.05, 3.63) is 47.2 Å². The quantitative estimate of drug-likeness (QED) is 0.232. The number of aliphatic carboxylic acids is 1. The Balaban J connectivity index is 0.00000225. The van der Waals surface area contributed by atoms with Crippen LogP contribution in [0.2, 0.25) is 0 Å². The van der Waals surface area contributed by atoms with Crippen LogP contribution >= 0.6 is 11.8 Å². The van der Waals surface area contributed by atoms with Crippen LogP contribution in [-0.2, 0) is 24.5 Å². The predicted octanol–water partition coefficient (Wildman–Crippen LogP) is -8.32. The molecule has 0 aliphatic carbocycles. The van der Waals surface area contributed by atoms with Crippen LogP contribution in [0.4, 0.5) is 0 Å². The molecule has 3 atom stereocenters. The van der Waals surface area contributed by atoms with Gasteiger partial charge in [0.25, 0.3) is 5.91 Å². The minimum absolute atomic E-state index is 0. The molecule has 0 saturated carbocycles. The Morgan fingerprint density at radius 3 is 2.37 bits per heavy atom. The number of hydrogen-bond acceptors (Lipinski definition) is 9. The van der Waals surface area contributed by atoms with Gasteiger partial charge < -0.3 is 24.9 Å². The summed E-state index contributed by atoms with van der Waals surface area (Å²) in [6.07, 6.45) is 0. The van der Waals surface area contributed by atoms with Gasteiger partial charge in [-0.1, -0.05) is 30.3 Å². The van der Waals surface area contributed by atoms with Gasteiger partial charge in [0.15, 0.2) is 5.25 Å². The van der Waals surface area contributed by atoms with Gasteiger partial charge in [-0.2, -0.15) is 0 Å². The molecule has 1 aromatic carbocycles. The molecule has 0 radical (unpaired) electrons. The van der Waals surface area contributed by atoms with Gasteiger partial charge in [-0.05, 0) is 11.1 Å². The number of nitrogens with one attached hydrogen (secondary N) is 1. The fourth-order valence-electron chi connectivity index (χ4n) is 3.10. The summed E-state index contributed by atoms with van der Waals surface area (Å²) in [7, 11) is -5.07. The van der Waals surface area contributed by atoms with Gasteiger partial charge in [-0.15, -0.1) is 11.8 Å². The number of rotatable bonds is 6. The zero-order valence-corrected chi connectivity index (χ0v) is 21.7. The maximum absolute atomic E-state index is 12.5. The van der Waals surface area contributed by atoms with Crippen molar-refractivity contribution in [2.45, 2.75) is 16.7 Å². The van der Waals surface area contributed by atoms with Crippen LogP contribution < -0.4 is 69.5 Å². The maximum atomic E-state index is 12.5. The van der Waals surface area contributed by atoms with E-state index in [1.165, 1.54) is 24.3 Å². The van der Waals surface area contributed by atoms with E-state index in [1.807, 2.05) is 0 Å². The molecule has 1 fully saturated rings. The van der Waals surface area contributed by atoms with E-state index in [2.05, 4.69) is 5.32 Å². The van der Waals surface area contributed by atoms with E-state index in [9.17, 15) is 37.6 Å². The standard InChI is InChI=1S/C16H16N2O8S2.2Na/c19-6-9-7-27-15-10(14(21)18(15)11(9)16(22)23)17-13(20)12(28(24,25)26)8-4-2-1-3-5-8;;/h1-5,10,12,15,19H,6-7H2,(H,17,20)(H,22,23)(H,24,25,26);;/q;2*+1/p-2/t10-,12?,15+;;/m1../s1. The molecule has 2 heterocycles. The number of carboxylic acids is 1. The number of carbonyl (C=O) groups excluding carboxylic acids is 3. The normalized spacial score (nSPS) is 21.4. The second kappa shape index (κ2) is 10.9. The predicted molar refractivity (Wildman–Crippen MR) is 93.0 cm³/mol. The van der Waals surface area contributed by atoms with Gasteiger partial charge in [-0.3, -0.25) is 14.5 Å².